The second-order valence-corrected chi connectivity index (χ2v) is 10.2. The largest absolute Gasteiger partial charge is 0.343 e. The van der Waals surface area contributed by atoms with Gasteiger partial charge in [0.25, 0.3) is 0 Å². The van der Waals surface area contributed by atoms with Gasteiger partial charge in [-0.25, -0.2) is 14.4 Å². The fraction of sp³-hybridized carbons (Fsp3) is 0.500. The third-order valence-corrected chi connectivity index (χ3v) is 7.99. The fourth-order valence-corrected chi connectivity index (χ4v) is 5.79. The lowest BCUT2D eigenvalue weighted by Crippen LogP contribution is -2.55. The van der Waals surface area contributed by atoms with Crippen LogP contribution in [-0.4, -0.2) is 56.9 Å². The number of nitrogens with zero attached hydrogens (tertiary/aromatic N) is 4. The van der Waals surface area contributed by atoms with Crippen LogP contribution in [0.1, 0.15) is 63.5 Å². The van der Waals surface area contributed by atoms with Crippen molar-refractivity contribution in [3.63, 3.8) is 0 Å². The third-order valence-electron chi connectivity index (χ3n) is 7.99. The van der Waals surface area contributed by atoms with Crippen LogP contribution in [-0.2, 0) is 9.59 Å². The minimum absolute atomic E-state index is 0.0886. The number of carbonyl (C=O) groups is 2. The minimum atomic E-state index is -0.605. The van der Waals surface area contributed by atoms with E-state index in [-0.39, 0.29) is 23.6 Å². The molecule has 196 valence electrons. The van der Waals surface area contributed by atoms with Gasteiger partial charge in [-0.1, -0.05) is 31.4 Å². The number of imidazole rings is 1. The number of hydrogen-bond donors (Lipinski definition) is 2. The molecule has 3 atom stereocenters. The molecule has 1 aliphatic heterocycles. The molecule has 8 nitrogen and oxygen atoms in total. The first-order valence-electron chi connectivity index (χ1n) is 13.3. The quantitative estimate of drug-likeness (QED) is 0.507. The maximum Gasteiger partial charge on any atom is 0.245 e. The Morgan fingerprint density at radius 1 is 1.05 bits per heavy atom. The van der Waals surface area contributed by atoms with Crippen LogP contribution in [0.4, 0.5) is 4.39 Å². The molecule has 1 aromatic carbocycles. The van der Waals surface area contributed by atoms with Crippen LogP contribution in [0.25, 0.3) is 16.9 Å². The monoisotopic (exact) mass is 506 g/mol. The summed E-state index contributed by atoms with van der Waals surface area (Å²) in [6, 6.07) is 7.78. The number of likely N-dealkylation sites (N-methyl/N-ethyl adjacent to an activating group) is 1. The van der Waals surface area contributed by atoms with Gasteiger partial charge in [0.05, 0.1) is 23.1 Å². The Hall–Kier alpha value is -3.33. The van der Waals surface area contributed by atoms with Crippen molar-refractivity contribution in [1.82, 2.24) is 30.1 Å². The zero-order valence-corrected chi connectivity index (χ0v) is 21.5. The first-order valence-corrected chi connectivity index (χ1v) is 13.3. The molecular formula is C28H35FN6O2. The maximum atomic E-state index is 16.0. The van der Waals surface area contributed by atoms with Gasteiger partial charge in [-0.3, -0.25) is 14.2 Å². The molecule has 2 N–H and O–H groups in total. The number of nitrogens with one attached hydrogen (secondary N) is 2. The van der Waals surface area contributed by atoms with E-state index in [1.165, 1.54) is 0 Å². The zero-order valence-electron chi connectivity index (χ0n) is 21.5. The summed E-state index contributed by atoms with van der Waals surface area (Å²) in [5.41, 5.74) is 1.98. The first-order chi connectivity index (χ1) is 18.0. The Bertz CT molecular complexity index is 1270. The standard InChI is InChI=1S/C28H35FN6O2/c1-18(30-2)27(36)33-25(19-9-4-3-5-10-19)28(37)34-16-8-13-22(34)20-14-15-31-26(24(20)29)35-17-32-21-11-6-7-12-23(21)35/h6-7,11-12,14-15,17-19,22,25,30H,3-5,8-10,13,16H2,1-2H3,(H,33,36)/t18?,22-,25-/m0/s1. The van der Waals surface area contributed by atoms with Gasteiger partial charge < -0.3 is 15.5 Å². The third kappa shape index (κ3) is 4.97. The number of para-hydroxylation sites is 2. The SMILES string of the molecule is CNC(C)C(=O)N[C@H](C(=O)N1CCC[C@H]1c1ccnc(-n2cnc3ccccc32)c1F)C1CCCCC1. The highest BCUT2D eigenvalue weighted by Gasteiger charge is 2.40. The van der Waals surface area contributed by atoms with Crippen LogP contribution in [0.5, 0.6) is 0 Å². The molecule has 1 aliphatic carbocycles. The second kappa shape index (κ2) is 11.0. The van der Waals surface area contributed by atoms with Gasteiger partial charge in [-0.2, -0.15) is 0 Å². The van der Waals surface area contributed by atoms with E-state index in [0.717, 1.165) is 49.6 Å². The number of halogens is 1. The lowest BCUT2D eigenvalue weighted by molar-refractivity contribution is -0.139. The van der Waals surface area contributed by atoms with Crippen molar-refractivity contribution in [3.8, 4) is 5.82 Å². The van der Waals surface area contributed by atoms with E-state index in [4.69, 9.17) is 0 Å². The fourth-order valence-electron chi connectivity index (χ4n) is 5.79. The highest BCUT2D eigenvalue weighted by atomic mass is 19.1. The van der Waals surface area contributed by atoms with E-state index < -0.39 is 23.9 Å². The van der Waals surface area contributed by atoms with Crippen LogP contribution in [0.3, 0.4) is 0 Å². The molecule has 3 aromatic rings. The number of pyridine rings is 1. The summed E-state index contributed by atoms with van der Waals surface area (Å²) >= 11 is 0. The highest BCUT2D eigenvalue weighted by molar-refractivity contribution is 5.90. The summed E-state index contributed by atoms with van der Waals surface area (Å²) in [4.78, 5) is 37.3. The zero-order chi connectivity index (χ0) is 25.9. The number of fused-ring (bicyclic) bond motifs is 1. The molecule has 2 aromatic heterocycles. The van der Waals surface area contributed by atoms with Gasteiger partial charge in [0.2, 0.25) is 11.8 Å². The topological polar surface area (TPSA) is 92.2 Å². The molecule has 5 rings (SSSR count). The van der Waals surface area contributed by atoms with Gasteiger partial charge >= 0.3 is 0 Å². The number of carbonyl (C=O) groups excluding carboxylic acids is 2. The lowest BCUT2D eigenvalue weighted by Gasteiger charge is -2.35. The van der Waals surface area contributed by atoms with Crippen molar-refractivity contribution in [3.05, 3.63) is 54.2 Å². The first kappa shape index (κ1) is 25.3. The van der Waals surface area contributed by atoms with Crippen LogP contribution < -0.4 is 10.6 Å². The Kier molecular flexibility index (Phi) is 7.50. The van der Waals surface area contributed by atoms with Crippen molar-refractivity contribution in [2.75, 3.05) is 13.6 Å². The Balaban J connectivity index is 1.45. The molecule has 0 spiro atoms. The van der Waals surface area contributed by atoms with Crippen LogP contribution in [0.15, 0.2) is 42.9 Å². The van der Waals surface area contributed by atoms with E-state index >= 15 is 4.39 Å². The van der Waals surface area contributed by atoms with E-state index in [1.807, 2.05) is 24.3 Å². The predicted molar refractivity (Wildman–Crippen MR) is 140 cm³/mol. The number of rotatable bonds is 7. The molecule has 2 amide bonds. The van der Waals surface area contributed by atoms with Gasteiger partial charge in [-0.15, -0.1) is 0 Å². The lowest BCUT2D eigenvalue weighted by atomic mass is 9.83. The molecule has 2 aliphatic rings. The molecule has 1 saturated carbocycles. The summed E-state index contributed by atoms with van der Waals surface area (Å²) in [7, 11) is 1.73. The molecule has 0 radical (unpaired) electrons. The summed E-state index contributed by atoms with van der Waals surface area (Å²) in [6.45, 7) is 2.32. The van der Waals surface area contributed by atoms with Crippen LogP contribution in [0, 0.1) is 11.7 Å². The molecule has 1 unspecified atom stereocenters. The van der Waals surface area contributed by atoms with E-state index in [0.29, 0.717) is 18.5 Å². The van der Waals surface area contributed by atoms with Crippen molar-refractivity contribution < 1.29 is 14.0 Å². The average Bonchev–Trinajstić information content (AvgIpc) is 3.59. The summed E-state index contributed by atoms with van der Waals surface area (Å²) in [5, 5.41) is 6.00. The molecule has 0 bridgehead atoms. The van der Waals surface area contributed by atoms with Gasteiger partial charge in [-0.05, 0) is 63.8 Å². The van der Waals surface area contributed by atoms with E-state index in [9.17, 15) is 9.59 Å². The van der Waals surface area contributed by atoms with E-state index in [2.05, 4.69) is 20.6 Å². The van der Waals surface area contributed by atoms with Crippen molar-refractivity contribution in [2.24, 2.45) is 5.92 Å². The van der Waals surface area contributed by atoms with Gasteiger partial charge in [0.15, 0.2) is 11.6 Å². The average molecular weight is 507 g/mol. The summed E-state index contributed by atoms with van der Waals surface area (Å²) < 4.78 is 17.7. The Labute approximate surface area is 216 Å². The Morgan fingerprint density at radius 3 is 2.62 bits per heavy atom. The summed E-state index contributed by atoms with van der Waals surface area (Å²) in [5.74, 6) is -0.489. The van der Waals surface area contributed by atoms with Gasteiger partial charge in [0.1, 0.15) is 12.4 Å². The van der Waals surface area contributed by atoms with Crippen molar-refractivity contribution in [1.29, 1.82) is 0 Å². The molecule has 3 heterocycles. The molecule has 2 fully saturated rings. The normalized spacial score (nSPS) is 20.2. The number of likely N-dealkylation sites (tertiary alicyclic amines) is 1. The van der Waals surface area contributed by atoms with Crippen LogP contribution >= 0.6 is 0 Å². The van der Waals surface area contributed by atoms with Crippen molar-refractivity contribution >= 4 is 22.8 Å². The van der Waals surface area contributed by atoms with Crippen LogP contribution in [0.2, 0.25) is 0 Å². The molecule has 37 heavy (non-hydrogen) atoms. The van der Waals surface area contributed by atoms with Crippen molar-refractivity contribution in [2.45, 2.75) is 70.0 Å². The highest BCUT2D eigenvalue weighted by Crippen LogP contribution is 2.37. The predicted octanol–water partition coefficient (Wildman–Crippen LogP) is 3.90. The second-order valence-electron chi connectivity index (χ2n) is 10.2. The molecule has 9 heteroatoms. The number of hydrogen-bond acceptors (Lipinski definition) is 5. The number of aromatic nitrogens is 3. The molecule has 1 saturated heterocycles. The summed E-state index contributed by atoms with van der Waals surface area (Å²) in [6.07, 6.45) is 9.68. The number of benzene rings is 1. The Morgan fingerprint density at radius 2 is 1.84 bits per heavy atom. The number of amides is 2. The molecular weight excluding hydrogens is 471 g/mol. The minimum Gasteiger partial charge on any atom is -0.343 e. The van der Waals surface area contributed by atoms with E-state index in [1.54, 1.807) is 42.0 Å². The smallest absolute Gasteiger partial charge is 0.245 e. The van der Waals surface area contributed by atoms with Gasteiger partial charge in [0, 0.05) is 18.3 Å². The maximum absolute atomic E-state index is 16.0.